The summed E-state index contributed by atoms with van der Waals surface area (Å²) in [5.41, 5.74) is 0.528. The van der Waals surface area contributed by atoms with Crippen LogP contribution in [-0.4, -0.2) is 44.8 Å². The van der Waals surface area contributed by atoms with Crippen molar-refractivity contribution in [3.63, 3.8) is 0 Å². The van der Waals surface area contributed by atoms with Crippen LogP contribution >= 0.6 is 0 Å². The Kier molecular flexibility index (Phi) is 5.26. The lowest BCUT2D eigenvalue weighted by Crippen LogP contribution is -2.37. The number of carbonyl (C=O) groups is 2. The van der Waals surface area contributed by atoms with E-state index in [2.05, 4.69) is 15.0 Å². The highest BCUT2D eigenvalue weighted by Gasteiger charge is 2.30. The van der Waals surface area contributed by atoms with E-state index in [-0.39, 0.29) is 35.6 Å². The van der Waals surface area contributed by atoms with Crippen LogP contribution in [0.25, 0.3) is 0 Å². The van der Waals surface area contributed by atoms with Crippen molar-refractivity contribution in [2.75, 3.05) is 6.54 Å². The zero-order valence-electron chi connectivity index (χ0n) is 14.4. The summed E-state index contributed by atoms with van der Waals surface area (Å²) < 4.78 is 31.4. The minimum absolute atomic E-state index is 0.103. The van der Waals surface area contributed by atoms with Gasteiger partial charge in [0.1, 0.15) is 5.84 Å². The second-order valence-corrected chi connectivity index (χ2v) is 8.00. The number of carbonyl (C=O) groups excluding carboxylic acids is 2. The van der Waals surface area contributed by atoms with E-state index < -0.39 is 22.1 Å². The van der Waals surface area contributed by atoms with Crippen molar-refractivity contribution in [1.29, 1.82) is 0 Å². The Balaban J connectivity index is 1.46. The van der Waals surface area contributed by atoms with Crippen LogP contribution in [0.4, 0.5) is 0 Å². The Labute approximate surface area is 152 Å². The van der Waals surface area contributed by atoms with Crippen molar-refractivity contribution >= 4 is 27.7 Å². The van der Waals surface area contributed by atoms with Gasteiger partial charge in [-0.15, -0.1) is 0 Å². The smallest absolute Gasteiger partial charge is 0.306 e. The van der Waals surface area contributed by atoms with Gasteiger partial charge in [0.25, 0.3) is 15.9 Å². The van der Waals surface area contributed by atoms with Gasteiger partial charge < -0.3 is 10.1 Å². The van der Waals surface area contributed by atoms with Gasteiger partial charge in [-0.25, -0.2) is 8.42 Å². The van der Waals surface area contributed by atoms with E-state index in [1.54, 1.807) is 25.1 Å². The van der Waals surface area contributed by atoms with Gasteiger partial charge in [0.2, 0.25) is 0 Å². The number of ether oxygens (including phenoxy) is 1. The molecule has 2 N–H and O–H groups in total. The molecule has 1 saturated carbocycles. The van der Waals surface area contributed by atoms with Crippen LogP contribution in [-0.2, 0) is 24.3 Å². The summed E-state index contributed by atoms with van der Waals surface area (Å²) in [6.07, 6.45) is 1.62. The minimum atomic E-state index is -3.56. The molecule has 1 aromatic rings. The van der Waals surface area contributed by atoms with Crippen molar-refractivity contribution in [2.24, 2.45) is 4.99 Å². The first-order valence-corrected chi connectivity index (χ1v) is 10.0. The predicted octanol–water partition coefficient (Wildman–Crippen LogP) is 0.716. The molecule has 1 aliphatic heterocycles. The number of hydrogen-bond donors (Lipinski definition) is 2. The van der Waals surface area contributed by atoms with Gasteiger partial charge in [0.15, 0.2) is 6.10 Å². The summed E-state index contributed by atoms with van der Waals surface area (Å²) in [5, 5.41) is 2.78. The van der Waals surface area contributed by atoms with E-state index in [0.29, 0.717) is 12.0 Å². The van der Waals surface area contributed by atoms with Gasteiger partial charge in [-0.2, -0.15) is 0 Å². The maximum absolute atomic E-state index is 12.0. The van der Waals surface area contributed by atoms with Crippen LogP contribution in [0.2, 0.25) is 0 Å². The first-order valence-electron chi connectivity index (χ1n) is 8.53. The molecule has 140 valence electrons. The van der Waals surface area contributed by atoms with Crippen molar-refractivity contribution < 1.29 is 22.7 Å². The Morgan fingerprint density at radius 1 is 1.35 bits per heavy atom. The number of nitrogens with zero attached hydrogens (tertiary/aromatic N) is 1. The van der Waals surface area contributed by atoms with E-state index in [4.69, 9.17) is 4.74 Å². The maximum atomic E-state index is 12.0. The Morgan fingerprint density at radius 3 is 2.81 bits per heavy atom. The van der Waals surface area contributed by atoms with Crippen molar-refractivity contribution in [3.8, 4) is 0 Å². The molecule has 2 aliphatic rings. The van der Waals surface area contributed by atoms with Crippen LogP contribution in [0, 0.1) is 0 Å². The highest BCUT2D eigenvalue weighted by atomic mass is 32.2. The van der Waals surface area contributed by atoms with Gasteiger partial charge in [-0.05, 0) is 38.3 Å². The molecule has 8 nitrogen and oxygen atoms in total. The highest BCUT2D eigenvalue weighted by molar-refractivity contribution is 7.90. The molecule has 1 aliphatic carbocycles. The van der Waals surface area contributed by atoms with Gasteiger partial charge in [0.05, 0.1) is 4.90 Å². The van der Waals surface area contributed by atoms with Gasteiger partial charge >= 0.3 is 5.97 Å². The summed E-state index contributed by atoms with van der Waals surface area (Å²) >= 11 is 0. The molecule has 1 atom stereocenters. The molecule has 26 heavy (non-hydrogen) atoms. The number of amides is 1. The first-order chi connectivity index (χ1) is 12.4. The zero-order valence-corrected chi connectivity index (χ0v) is 15.2. The third-order valence-electron chi connectivity index (χ3n) is 4.07. The van der Waals surface area contributed by atoms with Crippen LogP contribution < -0.4 is 10.0 Å². The number of nitrogens with one attached hydrogen (secondary N) is 2. The minimum Gasteiger partial charge on any atom is -0.453 e. The third-order valence-corrected chi connectivity index (χ3v) is 5.47. The number of fused-ring (bicyclic) bond motifs is 1. The molecule has 1 heterocycles. The maximum Gasteiger partial charge on any atom is 0.306 e. The Bertz CT molecular complexity index is 846. The fourth-order valence-electron chi connectivity index (χ4n) is 2.52. The SMILES string of the molecule is CC(OC(=O)CCCN=C1NS(=O)(=O)c2ccccc21)C(=O)NC1CC1. The van der Waals surface area contributed by atoms with E-state index >= 15 is 0 Å². The standard InChI is InChI=1S/C17H21N3O5S/c1-11(17(22)19-12-8-9-12)25-15(21)7-4-10-18-16-13-5-2-3-6-14(13)26(23,24)20-16/h2-3,5-6,11-12H,4,7-10H2,1H3,(H,18,20)(H,19,22). The average Bonchev–Trinajstić information content (AvgIpc) is 3.37. The number of esters is 1. The lowest BCUT2D eigenvalue weighted by Gasteiger charge is -2.12. The van der Waals surface area contributed by atoms with E-state index in [1.807, 2.05) is 0 Å². The summed E-state index contributed by atoms with van der Waals surface area (Å²) in [5.74, 6) is -0.472. The Hall–Kier alpha value is -2.42. The molecule has 1 aromatic carbocycles. The van der Waals surface area contributed by atoms with Crippen LogP contribution in [0.15, 0.2) is 34.2 Å². The van der Waals surface area contributed by atoms with Crippen molar-refractivity contribution in [3.05, 3.63) is 29.8 Å². The summed E-state index contributed by atoms with van der Waals surface area (Å²) in [4.78, 5) is 28.0. The molecule has 1 amide bonds. The summed E-state index contributed by atoms with van der Waals surface area (Å²) in [6, 6.07) is 6.81. The topological polar surface area (TPSA) is 114 Å². The fourth-order valence-corrected chi connectivity index (χ4v) is 3.77. The molecule has 9 heteroatoms. The van der Waals surface area contributed by atoms with E-state index in [9.17, 15) is 18.0 Å². The molecule has 0 bridgehead atoms. The molecule has 0 spiro atoms. The molecular formula is C17H21N3O5S. The van der Waals surface area contributed by atoms with E-state index in [1.165, 1.54) is 6.07 Å². The number of benzene rings is 1. The highest BCUT2D eigenvalue weighted by Crippen LogP contribution is 2.22. The second-order valence-electron chi connectivity index (χ2n) is 6.35. The molecule has 1 fully saturated rings. The van der Waals surface area contributed by atoms with Gasteiger partial charge in [-0.1, -0.05) is 12.1 Å². The first kappa shape index (κ1) is 18.4. The summed E-state index contributed by atoms with van der Waals surface area (Å²) in [6.45, 7) is 1.81. The molecule has 3 rings (SSSR count). The predicted molar refractivity (Wildman–Crippen MR) is 94.1 cm³/mol. The monoisotopic (exact) mass is 379 g/mol. The average molecular weight is 379 g/mol. The van der Waals surface area contributed by atoms with Crippen LogP contribution in [0.3, 0.4) is 0 Å². The van der Waals surface area contributed by atoms with Gasteiger partial charge in [-0.3, -0.25) is 19.3 Å². The van der Waals surface area contributed by atoms with Crippen molar-refractivity contribution in [2.45, 2.75) is 49.6 Å². The summed E-state index contributed by atoms with van der Waals surface area (Å²) in [7, 11) is -3.56. The quantitative estimate of drug-likeness (QED) is 0.535. The lowest BCUT2D eigenvalue weighted by atomic mass is 10.2. The normalized spacial score (nSPS) is 20.1. The Morgan fingerprint density at radius 2 is 2.08 bits per heavy atom. The molecule has 0 aromatic heterocycles. The number of hydrogen-bond acceptors (Lipinski definition) is 6. The largest absolute Gasteiger partial charge is 0.453 e. The molecule has 1 unspecified atom stereocenters. The zero-order chi connectivity index (χ0) is 18.7. The molecule has 0 saturated heterocycles. The van der Waals surface area contributed by atoms with Gasteiger partial charge in [0, 0.05) is 24.6 Å². The number of amidine groups is 1. The number of rotatable bonds is 7. The molecule has 0 radical (unpaired) electrons. The van der Waals surface area contributed by atoms with Crippen molar-refractivity contribution in [1.82, 2.24) is 10.0 Å². The molecular weight excluding hydrogens is 358 g/mol. The third kappa shape index (κ3) is 4.40. The lowest BCUT2D eigenvalue weighted by molar-refractivity contribution is -0.154. The fraction of sp³-hybridized carbons (Fsp3) is 0.471. The van der Waals surface area contributed by atoms with E-state index in [0.717, 1.165) is 12.8 Å². The second kappa shape index (κ2) is 7.45. The number of aliphatic imine (C=N–C) groups is 1. The van der Waals surface area contributed by atoms with Crippen LogP contribution in [0.5, 0.6) is 0 Å². The number of sulfonamides is 1. The van der Waals surface area contributed by atoms with Crippen LogP contribution in [0.1, 0.15) is 38.2 Å².